The van der Waals surface area contributed by atoms with Crippen LogP contribution in [0.2, 0.25) is 0 Å². The lowest BCUT2D eigenvalue weighted by Gasteiger charge is -2.20. The van der Waals surface area contributed by atoms with Gasteiger partial charge in [0.2, 0.25) is 13.9 Å². The Hall–Kier alpha value is -1.74. The van der Waals surface area contributed by atoms with E-state index in [1.165, 1.54) is 19.7 Å². The predicted molar refractivity (Wildman–Crippen MR) is 116 cm³/mol. The van der Waals surface area contributed by atoms with Crippen LogP contribution in [-0.2, 0) is 19.4 Å². The molecule has 0 heterocycles. The number of halogens is 1. The van der Waals surface area contributed by atoms with E-state index >= 15 is 0 Å². The van der Waals surface area contributed by atoms with Gasteiger partial charge in [-0.25, -0.2) is 13.2 Å². The van der Waals surface area contributed by atoms with Gasteiger partial charge in [0.25, 0.3) is 0 Å². The molecule has 7 nitrogen and oxygen atoms in total. The largest absolute Gasteiger partial charge is 0.449 e. The molecule has 0 radical (unpaired) electrons. The maximum atomic E-state index is 13.0. The summed E-state index contributed by atoms with van der Waals surface area (Å²) in [5.41, 5.74) is 0. The van der Waals surface area contributed by atoms with Gasteiger partial charge in [-0.3, -0.25) is 4.79 Å². The number of carbonyl (C=O) groups excluding carboxylic acids is 2. The molecule has 1 atom stereocenters. The zero-order chi connectivity index (χ0) is 21.9. The second-order valence-electron chi connectivity index (χ2n) is 7.02. The van der Waals surface area contributed by atoms with Gasteiger partial charge in [-0.1, -0.05) is 37.5 Å². The Kier molecular flexibility index (Phi) is 11.1. The van der Waals surface area contributed by atoms with Crippen LogP contribution in [0.25, 0.3) is 0 Å². The summed E-state index contributed by atoms with van der Waals surface area (Å²) in [5, 5.41) is -0.822. The van der Waals surface area contributed by atoms with Crippen molar-refractivity contribution in [3.63, 3.8) is 0 Å². The van der Waals surface area contributed by atoms with E-state index in [0.717, 1.165) is 19.3 Å². The van der Waals surface area contributed by atoms with E-state index in [2.05, 4.69) is 0 Å². The van der Waals surface area contributed by atoms with Gasteiger partial charge in [0.05, 0.1) is 10.9 Å². The van der Waals surface area contributed by atoms with Crippen LogP contribution in [0.4, 0.5) is 4.79 Å². The van der Waals surface area contributed by atoms with Crippen LogP contribution in [0.5, 0.6) is 0 Å². The first-order chi connectivity index (χ1) is 13.7. The highest BCUT2D eigenvalue weighted by Crippen LogP contribution is 2.21. The van der Waals surface area contributed by atoms with Crippen LogP contribution in [0, 0.1) is 0 Å². The van der Waals surface area contributed by atoms with Gasteiger partial charge in [-0.05, 0) is 25.0 Å². The van der Waals surface area contributed by atoms with Crippen LogP contribution in [-0.4, -0.2) is 69.6 Å². The maximum Gasteiger partial charge on any atom is 0.397 e. The fraction of sp³-hybridized carbons (Fsp3) is 0.579. The van der Waals surface area contributed by atoms with Gasteiger partial charge in [0.1, 0.15) is 11.9 Å². The fourth-order valence-electron chi connectivity index (χ4n) is 2.69. The molecule has 162 valence electrons. The van der Waals surface area contributed by atoms with Gasteiger partial charge in [-0.15, -0.1) is 11.6 Å². The first kappa shape index (κ1) is 25.3. The molecule has 0 saturated carbocycles. The van der Waals surface area contributed by atoms with E-state index in [9.17, 15) is 18.0 Å². The minimum Gasteiger partial charge on any atom is -0.449 e. The number of carbonyl (C=O) groups is 2. The first-order valence-corrected chi connectivity index (χ1v) is 11.7. The van der Waals surface area contributed by atoms with E-state index in [0.29, 0.717) is 19.4 Å². The average molecular weight is 445 g/mol. The van der Waals surface area contributed by atoms with Crippen molar-refractivity contribution in [2.75, 3.05) is 26.2 Å². The third-order valence-corrected chi connectivity index (χ3v) is 7.24. The van der Waals surface area contributed by atoms with Crippen molar-refractivity contribution in [3.05, 3.63) is 30.3 Å². The monoisotopic (exact) mass is 444 g/mol. The third kappa shape index (κ3) is 8.66. The van der Waals surface area contributed by atoms with Crippen LogP contribution in [0.3, 0.4) is 0 Å². The first-order valence-electron chi connectivity index (χ1n) is 9.64. The molecule has 0 aliphatic carbocycles. The van der Waals surface area contributed by atoms with Gasteiger partial charge in [0.15, 0.2) is 9.84 Å². The van der Waals surface area contributed by atoms with Crippen molar-refractivity contribution in [3.8, 4) is 0 Å². The molecule has 0 aliphatic rings. The molecule has 0 bridgehead atoms. The Morgan fingerprint density at radius 1 is 1.14 bits per heavy atom. The zero-order valence-electron chi connectivity index (χ0n) is 17.3. The summed E-state index contributed by atoms with van der Waals surface area (Å²) in [6, 6.07) is 8.15. The number of amides is 2. The fourth-order valence-corrected chi connectivity index (χ4v) is 4.43. The zero-order valence-corrected chi connectivity index (χ0v) is 18.9. The Labute approximate surface area is 179 Å². The Morgan fingerprint density at radius 2 is 1.76 bits per heavy atom. The van der Waals surface area contributed by atoms with Crippen LogP contribution in [0.15, 0.2) is 35.2 Å². The van der Waals surface area contributed by atoms with Crippen molar-refractivity contribution >= 4 is 41.4 Å². The summed E-state index contributed by atoms with van der Waals surface area (Å²) < 4.78 is 31.2. The smallest absolute Gasteiger partial charge is 0.397 e. The molecule has 2 amide bonds. The number of alkyl halides is 1. The van der Waals surface area contributed by atoms with Gasteiger partial charge in [0, 0.05) is 20.5 Å². The Bertz CT molecular complexity index is 748. The van der Waals surface area contributed by atoms with E-state index in [1.54, 1.807) is 42.3 Å². The van der Waals surface area contributed by atoms with Crippen LogP contribution >= 0.6 is 11.6 Å². The van der Waals surface area contributed by atoms with Crippen LogP contribution < -0.4 is 0 Å². The molecule has 1 aromatic rings. The molecule has 1 unspecified atom stereocenters. The van der Waals surface area contributed by atoms with E-state index in [1.807, 2.05) is 0 Å². The second kappa shape index (κ2) is 12.7. The highest BCUT2D eigenvalue weighted by molar-refractivity contribution is 7.92. The minimum atomic E-state index is -3.63. The lowest BCUT2D eigenvalue weighted by atomic mass is 10.1. The number of hydrogen-bond acceptors (Lipinski definition) is 5. The lowest BCUT2D eigenvalue weighted by Crippen LogP contribution is -2.33. The van der Waals surface area contributed by atoms with Crippen LogP contribution in [0.1, 0.15) is 39.0 Å². The van der Waals surface area contributed by atoms with Gasteiger partial charge < -0.3 is 14.4 Å². The summed E-state index contributed by atoms with van der Waals surface area (Å²) in [7, 11) is -0.387. The second-order valence-corrected chi connectivity index (χ2v) is 9.49. The number of sulfone groups is 1. The molecule has 0 aromatic heterocycles. The standard InChI is InChI=1S/C19H30BClN2O5S/c1-16(24)22(2)13-9-4-3-6-12-18(14-28-19(25)23(20)15-21)29(26,27)17-10-7-5-8-11-17/h5,7-8,10-11,18H,3-4,6,9,12-15,20H2,1-2H3. The Morgan fingerprint density at radius 3 is 2.34 bits per heavy atom. The normalized spacial score (nSPS) is 12.2. The summed E-state index contributed by atoms with van der Waals surface area (Å²) in [4.78, 5) is 26.1. The van der Waals surface area contributed by atoms with Crippen molar-refractivity contribution < 1.29 is 22.7 Å². The lowest BCUT2D eigenvalue weighted by molar-refractivity contribution is -0.127. The SMILES string of the molecule is BN(CCl)C(=O)OCC(CCCCCCN(C)C(C)=O)S(=O)(=O)c1ccccc1. The molecule has 1 aromatic carbocycles. The number of nitrogens with zero attached hydrogens (tertiary/aromatic N) is 2. The third-order valence-electron chi connectivity index (χ3n) is 4.70. The number of rotatable bonds is 12. The number of benzene rings is 1. The molecular weight excluding hydrogens is 415 g/mol. The topological polar surface area (TPSA) is 84.0 Å². The van der Waals surface area contributed by atoms with E-state index in [4.69, 9.17) is 16.3 Å². The molecular formula is C19H30BClN2O5S. The number of hydrogen-bond donors (Lipinski definition) is 0. The average Bonchev–Trinajstić information content (AvgIpc) is 2.71. The number of ether oxygens (including phenoxy) is 1. The predicted octanol–water partition coefficient (Wildman–Crippen LogP) is 2.44. The van der Waals surface area contributed by atoms with Crippen molar-refractivity contribution in [2.45, 2.75) is 49.2 Å². The van der Waals surface area contributed by atoms with Crippen molar-refractivity contribution in [2.24, 2.45) is 0 Å². The molecule has 29 heavy (non-hydrogen) atoms. The highest BCUT2D eigenvalue weighted by atomic mass is 35.5. The summed E-state index contributed by atoms with van der Waals surface area (Å²) in [5.74, 6) is 0.0303. The molecule has 10 heteroatoms. The van der Waals surface area contributed by atoms with Gasteiger partial charge in [-0.2, -0.15) is 0 Å². The quantitative estimate of drug-likeness (QED) is 0.214. The van der Waals surface area contributed by atoms with E-state index < -0.39 is 21.2 Å². The maximum absolute atomic E-state index is 13.0. The van der Waals surface area contributed by atoms with Crippen molar-refractivity contribution in [1.29, 1.82) is 0 Å². The minimum absolute atomic E-state index is 0.0303. The Balaban J connectivity index is 2.66. The molecule has 0 aliphatic heterocycles. The molecule has 0 N–H and O–H groups in total. The summed E-state index contributed by atoms with van der Waals surface area (Å²) >= 11 is 5.60. The van der Waals surface area contributed by atoms with Gasteiger partial charge >= 0.3 is 6.09 Å². The molecule has 0 saturated heterocycles. The molecule has 0 spiro atoms. The highest BCUT2D eigenvalue weighted by Gasteiger charge is 2.28. The summed E-state index contributed by atoms with van der Waals surface area (Å²) in [6.07, 6.45) is 3.01. The van der Waals surface area contributed by atoms with E-state index in [-0.39, 0.29) is 23.4 Å². The molecule has 0 fully saturated rings. The molecule has 1 rings (SSSR count). The van der Waals surface area contributed by atoms with Crippen molar-refractivity contribution in [1.82, 2.24) is 9.71 Å². The summed E-state index contributed by atoms with van der Waals surface area (Å²) in [6.45, 7) is 2.00. The number of unbranched alkanes of at least 4 members (excludes halogenated alkanes) is 3.